The number of rotatable bonds is 4. The van der Waals surface area contributed by atoms with E-state index in [1.54, 1.807) is 0 Å². The Morgan fingerprint density at radius 3 is 2.56 bits per heavy atom. The van der Waals surface area contributed by atoms with E-state index in [0.717, 1.165) is 33.6 Å². The molecule has 6 nitrogen and oxygen atoms in total. The Balaban J connectivity index is 2.10. The van der Waals surface area contributed by atoms with Crippen LogP contribution in [0.2, 0.25) is 5.02 Å². The summed E-state index contributed by atoms with van der Waals surface area (Å²) in [5.41, 5.74) is -2.28. The second-order valence-electron chi connectivity index (χ2n) is 5.46. The van der Waals surface area contributed by atoms with Gasteiger partial charge in [-0.3, -0.25) is 0 Å². The lowest BCUT2D eigenvalue weighted by atomic mass is 10.1. The second-order valence-corrected chi connectivity index (χ2v) is 5.87. The van der Waals surface area contributed by atoms with E-state index in [9.17, 15) is 22.4 Å². The van der Waals surface area contributed by atoms with Crippen LogP contribution in [0.15, 0.2) is 41.2 Å². The number of alkyl halides is 3. The third-order valence-corrected chi connectivity index (χ3v) is 3.98. The molecule has 0 bridgehead atoms. The number of halogens is 5. The molecule has 0 amide bonds. The van der Waals surface area contributed by atoms with Crippen LogP contribution in [0.1, 0.15) is 11.1 Å². The number of hydrogen-bond acceptors (Lipinski definition) is 4. The molecule has 0 N–H and O–H groups in total. The summed E-state index contributed by atoms with van der Waals surface area (Å²) in [5, 5.41) is 7.09. The number of nitrogens with zero attached hydrogens (tertiary/aromatic N) is 4. The minimum Gasteiger partial charge on any atom is -0.487 e. The van der Waals surface area contributed by atoms with E-state index in [-0.39, 0.29) is 22.0 Å². The highest BCUT2D eigenvalue weighted by atomic mass is 35.5. The maximum atomic E-state index is 13.4. The lowest BCUT2D eigenvalue weighted by Gasteiger charge is -2.17. The molecule has 27 heavy (non-hydrogen) atoms. The van der Waals surface area contributed by atoms with Crippen LogP contribution in [0.5, 0.6) is 5.75 Å². The van der Waals surface area contributed by atoms with Gasteiger partial charge in [-0.05, 0) is 34.7 Å². The first-order chi connectivity index (χ1) is 12.7. The summed E-state index contributed by atoms with van der Waals surface area (Å²) in [6.07, 6.45) is -4.72. The first kappa shape index (κ1) is 18.9. The van der Waals surface area contributed by atoms with E-state index < -0.39 is 29.9 Å². The Hall–Kier alpha value is -2.88. The summed E-state index contributed by atoms with van der Waals surface area (Å²) < 4.78 is 60.6. The topological polar surface area (TPSA) is 61.9 Å². The van der Waals surface area contributed by atoms with Crippen LogP contribution in [0.4, 0.5) is 17.6 Å². The largest absolute Gasteiger partial charge is 0.487 e. The molecule has 0 spiro atoms. The van der Waals surface area contributed by atoms with Gasteiger partial charge in [0.15, 0.2) is 0 Å². The van der Waals surface area contributed by atoms with Crippen molar-refractivity contribution in [2.45, 2.75) is 12.8 Å². The normalized spacial score (nSPS) is 11.6. The quantitative estimate of drug-likeness (QED) is 0.628. The predicted molar refractivity (Wildman–Crippen MR) is 87.3 cm³/mol. The molecule has 0 aliphatic rings. The third-order valence-electron chi connectivity index (χ3n) is 3.67. The van der Waals surface area contributed by atoms with Crippen molar-refractivity contribution in [2.75, 3.05) is 0 Å². The summed E-state index contributed by atoms with van der Waals surface area (Å²) in [4.78, 5) is 12.1. The Bertz CT molecular complexity index is 1050. The van der Waals surface area contributed by atoms with Crippen LogP contribution in [0, 0.1) is 5.82 Å². The molecule has 0 saturated heterocycles. The Morgan fingerprint density at radius 1 is 1.19 bits per heavy atom. The van der Waals surface area contributed by atoms with Crippen molar-refractivity contribution in [2.24, 2.45) is 7.05 Å². The van der Waals surface area contributed by atoms with E-state index in [4.69, 9.17) is 16.3 Å². The fourth-order valence-corrected chi connectivity index (χ4v) is 2.57. The molecule has 0 atom stereocenters. The number of benzene rings is 2. The van der Waals surface area contributed by atoms with Gasteiger partial charge in [0, 0.05) is 18.7 Å². The van der Waals surface area contributed by atoms with Crippen LogP contribution in [-0.4, -0.2) is 19.8 Å². The van der Waals surface area contributed by atoms with E-state index in [0.29, 0.717) is 0 Å². The molecule has 0 radical (unpaired) electrons. The number of aromatic nitrogens is 4. The Kier molecular flexibility index (Phi) is 4.92. The van der Waals surface area contributed by atoms with Crippen molar-refractivity contribution >= 4 is 11.6 Å². The highest BCUT2D eigenvalue weighted by molar-refractivity contribution is 6.32. The summed E-state index contributed by atoms with van der Waals surface area (Å²) in [7, 11) is 1.31. The molecule has 0 unspecified atom stereocenters. The number of hydrogen-bond donors (Lipinski definition) is 0. The molecular formula is C16H11ClF4N4O2. The predicted octanol–water partition coefficient (Wildman–Crippen LogP) is 3.36. The van der Waals surface area contributed by atoms with Crippen LogP contribution in [-0.2, 0) is 19.8 Å². The van der Waals surface area contributed by atoms with Gasteiger partial charge in [-0.25, -0.2) is 9.18 Å². The summed E-state index contributed by atoms with van der Waals surface area (Å²) in [6, 6.07) is 6.51. The summed E-state index contributed by atoms with van der Waals surface area (Å²) in [5.74, 6) is -0.796. The number of tetrazole rings is 1. The Morgan fingerprint density at radius 2 is 1.93 bits per heavy atom. The van der Waals surface area contributed by atoms with Crippen molar-refractivity contribution < 1.29 is 22.3 Å². The highest BCUT2D eigenvalue weighted by Crippen LogP contribution is 2.35. The molecule has 11 heteroatoms. The highest BCUT2D eigenvalue weighted by Gasteiger charge is 2.35. The Labute approximate surface area is 154 Å². The average molecular weight is 403 g/mol. The molecule has 0 saturated carbocycles. The van der Waals surface area contributed by atoms with Gasteiger partial charge in [-0.15, -0.1) is 0 Å². The zero-order valence-corrected chi connectivity index (χ0v) is 14.4. The van der Waals surface area contributed by atoms with Gasteiger partial charge >= 0.3 is 11.9 Å². The molecule has 3 rings (SSSR count). The molecule has 0 aliphatic carbocycles. The molecule has 0 aliphatic heterocycles. The SMILES string of the molecule is Cn1nnn(-c2cccc(C(F)(F)F)c2COc2cc(F)ccc2Cl)c1=O. The minimum absolute atomic E-state index is 0.0270. The molecular weight excluding hydrogens is 392 g/mol. The van der Waals surface area contributed by atoms with Crippen molar-refractivity contribution in [1.82, 2.24) is 19.8 Å². The standard InChI is InChI=1S/C16H11ClF4N4O2/c1-24-15(26)25(23-22-24)13-4-2-3-11(16(19,20)21)10(13)8-27-14-7-9(18)5-6-12(14)17/h2-7H,8H2,1H3. The fourth-order valence-electron chi connectivity index (χ4n) is 2.39. The lowest BCUT2D eigenvalue weighted by molar-refractivity contribution is -0.138. The molecule has 1 aromatic heterocycles. The lowest BCUT2D eigenvalue weighted by Crippen LogP contribution is -2.24. The first-order valence-corrected chi connectivity index (χ1v) is 7.82. The van der Waals surface area contributed by atoms with Gasteiger partial charge in [-0.2, -0.15) is 22.5 Å². The monoisotopic (exact) mass is 402 g/mol. The van der Waals surface area contributed by atoms with Gasteiger partial charge in [0.05, 0.1) is 16.3 Å². The zero-order valence-electron chi connectivity index (χ0n) is 13.7. The molecule has 3 aromatic rings. The van der Waals surface area contributed by atoms with Crippen molar-refractivity contribution in [3.8, 4) is 11.4 Å². The number of aryl methyl sites for hydroxylation is 1. The smallest absolute Gasteiger partial charge is 0.416 e. The van der Waals surface area contributed by atoms with Crippen molar-refractivity contribution in [1.29, 1.82) is 0 Å². The van der Waals surface area contributed by atoms with Gasteiger partial charge in [0.25, 0.3) is 0 Å². The van der Waals surface area contributed by atoms with Gasteiger partial charge in [0.1, 0.15) is 18.2 Å². The van der Waals surface area contributed by atoms with E-state index in [1.165, 1.54) is 19.2 Å². The van der Waals surface area contributed by atoms with E-state index in [1.807, 2.05) is 0 Å². The third kappa shape index (κ3) is 3.80. The maximum Gasteiger partial charge on any atom is 0.416 e. The average Bonchev–Trinajstić information content (AvgIpc) is 2.93. The van der Waals surface area contributed by atoms with E-state index in [2.05, 4.69) is 10.4 Å². The summed E-state index contributed by atoms with van der Waals surface area (Å²) in [6.45, 7) is -0.628. The minimum atomic E-state index is -4.72. The molecule has 0 fully saturated rings. The van der Waals surface area contributed by atoms with Gasteiger partial charge < -0.3 is 4.74 Å². The fraction of sp³-hybridized carbons (Fsp3) is 0.188. The van der Waals surface area contributed by atoms with Crippen molar-refractivity contribution in [3.63, 3.8) is 0 Å². The van der Waals surface area contributed by atoms with Gasteiger partial charge in [0.2, 0.25) is 0 Å². The van der Waals surface area contributed by atoms with Crippen LogP contribution < -0.4 is 10.4 Å². The molecule has 1 heterocycles. The molecule has 2 aromatic carbocycles. The second kappa shape index (κ2) is 7.03. The maximum absolute atomic E-state index is 13.4. The molecule has 142 valence electrons. The van der Waals surface area contributed by atoms with Gasteiger partial charge in [-0.1, -0.05) is 17.7 Å². The zero-order chi connectivity index (χ0) is 19.8. The van der Waals surface area contributed by atoms with Crippen LogP contribution in [0.25, 0.3) is 5.69 Å². The first-order valence-electron chi connectivity index (χ1n) is 7.45. The van der Waals surface area contributed by atoms with E-state index >= 15 is 0 Å². The number of ether oxygens (including phenoxy) is 1. The van der Waals surface area contributed by atoms with Crippen LogP contribution >= 0.6 is 11.6 Å². The van der Waals surface area contributed by atoms with Crippen LogP contribution in [0.3, 0.4) is 0 Å². The van der Waals surface area contributed by atoms with Crippen molar-refractivity contribution in [3.05, 3.63) is 68.8 Å². The summed E-state index contributed by atoms with van der Waals surface area (Å²) >= 11 is 5.88.